The van der Waals surface area contributed by atoms with Crippen LogP contribution < -0.4 is 4.74 Å². The molecule has 0 aliphatic rings. The van der Waals surface area contributed by atoms with E-state index in [1.54, 1.807) is 12.1 Å². The second kappa shape index (κ2) is 6.33. The van der Waals surface area contributed by atoms with E-state index in [1.807, 2.05) is 30.3 Å². The Morgan fingerprint density at radius 3 is 2.28 bits per heavy atom. The Labute approximate surface area is 121 Å². The smallest absolute Gasteiger partial charge is 0.119 e. The molecule has 2 aromatic carbocycles. The third kappa shape index (κ3) is 3.55. The van der Waals surface area contributed by atoms with Gasteiger partial charge in [-0.15, -0.1) is 11.6 Å². The molecule has 0 spiro atoms. The molecule has 94 valence electrons. The summed E-state index contributed by atoms with van der Waals surface area (Å²) in [6.07, 6.45) is 0. The van der Waals surface area contributed by atoms with Gasteiger partial charge in [0.1, 0.15) is 12.4 Å². The summed E-state index contributed by atoms with van der Waals surface area (Å²) < 4.78 is 5.64. The summed E-state index contributed by atoms with van der Waals surface area (Å²) in [6.45, 7) is 0.413. The minimum absolute atomic E-state index is 0.413. The highest BCUT2D eigenvalue weighted by Gasteiger charge is 2.02. The first-order valence-electron chi connectivity index (χ1n) is 5.40. The van der Waals surface area contributed by atoms with E-state index >= 15 is 0 Å². The lowest BCUT2D eigenvalue weighted by molar-refractivity contribution is 0.306. The van der Waals surface area contributed by atoms with Gasteiger partial charge in [-0.25, -0.2) is 0 Å². The van der Waals surface area contributed by atoms with Crippen molar-refractivity contribution in [3.8, 4) is 5.75 Å². The quantitative estimate of drug-likeness (QED) is 0.695. The summed E-state index contributed by atoms with van der Waals surface area (Å²) in [4.78, 5) is 0. The molecule has 0 saturated carbocycles. The zero-order valence-corrected chi connectivity index (χ0v) is 11.8. The first-order chi connectivity index (χ1) is 8.69. The van der Waals surface area contributed by atoms with E-state index in [0.717, 1.165) is 16.9 Å². The molecule has 2 rings (SSSR count). The van der Waals surface area contributed by atoms with Gasteiger partial charge in [0.15, 0.2) is 0 Å². The maximum Gasteiger partial charge on any atom is 0.119 e. The van der Waals surface area contributed by atoms with Crippen molar-refractivity contribution < 1.29 is 4.74 Å². The highest BCUT2D eigenvalue weighted by Crippen LogP contribution is 2.23. The Morgan fingerprint density at radius 1 is 0.944 bits per heavy atom. The molecule has 0 heterocycles. The fraction of sp³-hybridized carbons (Fsp3) is 0.143. The minimum atomic E-state index is 0.413. The van der Waals surface area contributed by atoms with E-state index in [4.69, 9.17) is 39.5 Å². The second-order valence-corrected chi connectivity index (χ2v) is 4.91. The maximum absolute atomic E-state index is 6.06. The molecular formula is C14H11Cl3O. The first kappa shape index (κ1) is 13.5. The van der Waals surface area contributed by atoms with Crippen LogP contribution in [0, 0.1) is 0 Å². The standard InChI is InChI=1S/C14H11Cl3O/c15-8-10-1-5-13(6-2-10)18-9-11-3-4-12(16)7-14(11)17/h1-7H,8-9H2. The van der Waals surface area contributed by atoms with E-state index in [9.17, 15) is 0 Å². The van der Waals surface area contributed by atoms with Crippen LogP contribution in [0.15, 0.2) is 42.5 Å². The van der Waals surface area contributed by atoms with Gasteiger partial charge in [-0.1, -0.05) is 41.4 Å². The van der Waals surface area contributed by atoms with Crippen molar-refractivity contribution in [2.45, 2.75) is 12.5 Å². The number of rotatable bonds is 4. The average Bonchev–Trinajstić information content (AvgIpc) is 2.38. The van der Waals surface area contributed by atoms with E-state index < -0.39 is 0 Å². The summed E-state index contributed by atoms with van der Waals surface area (Å²) in [6, 6.07) is 13.0. The molecule has 0 aromatic heterocycles. The topological polar surface area (TPSA) is 9.23 Å². The number of hydrogen-bond donors (Lipinski definition) is 0. The molecule has 0 radical (unpaired) electrons. The van der Waals surface area contributed by atoms with Crippen LogP contribution in [0.5, 0.6) is 5.75 Å². The van der Waals surface area contributed by atoms with Crippen LogP contribution in [-0.4, -0.2) is 0 Å². The van der Waals surface area contributed by atoms with Crippen LogP contribution in [0.1, 0.15) is 11.1 Å². The van der Waals surface area contributed by atoms with Crippen LogP contribution in [0.2, 0.25) is 10.0 Å². The third-order valence-electron chi connectivity index (χ3n) is 2.49. The fourth-order valence-electron chi connectivity index (χ4n) is 1.47. The molecule has 0 amide bonds. The van der Waals surface area contributed by atoms with Gasteiger partial charge in [-0.3, -0.25) is 0 Å². The summed E-state index contributed by atoms with van der Waals surface area (Å²) in [7, 11) is 0. The van der Waals surface area contributed by atoms with Gasteiger partial charge in [-0.05, 0) is 29.8 Å². The number of halogens is 3. The van der Waals surface area contributed by atoms with Gasteiger partial charge in [0.05, 0.1) is 0 Å². The summed E-state index contributed by atoms with van der Waals surface area (Å²) in [5.74, 6) is 1.29. The average molecular weight is 302 g/mol. The molecule has 1 nitrogen and oxygen atoms in total. The lowest BCUT2D eigenvalue weighted by Crippen LogP contribution is -1.96. The number of ether oxygens (including phenoxy) is 1. The van der Waals surface area contributed by atoms with Crippen LogP contribution in [0.25, 0.3) is 0 Å². The number of benzene rings is 2. The molecule has 0 saturated heterocycles. The molecule has 18 heavy (non-hydrogen) atoms. The Morgan fingerprint density at radius 2 is 1.67 bits per heavy atom. The van der Waals surface area contributed by atoms with Crippen molar-refractivity contribution in [1.29, 1.82) is 0 Å². The third-order valence-corrected chi connectivity index (χ3v) is 3.38. The van der Waals surface area contributed by atoms with Gasteiger partial charge < -0.3 is 4.74 Å². The highest BCUT2D eigenvalue weighted by molar-refractivity contribution is 6.35. The van der Waals surface area contributed by atoms with Crippen LogP contribution >= 0.6 is 34.8 Å². The van der Waals surface area contributed by atoms with Crippen molar-refractivity contribution in [1.82, 2.24) is 0 Å². The highest BCUT2D eigenvalue weighted by atomic mass is 35.5. The fourth-order valence-corrected chi connectivity index (χ4v) is 2.12. The molecule has 0 fully saturated rings. The molecule has 0 atom stereocenters. The van der Waals surface area contributed by atoms with Gasteiger partial charge in [-0.2, -0.15) is 0 Å². The number of hydrogen-bond acceptors (Lipinski definition) is 1. The van der Waals surface area contributed by atoms with Crippen molar-refractivity contribution >= 4 is 34.8 Å². The predicted molar refractivity (Wildman–Crippen MR) is 76.8 cm³/mol. The monoisotopic (exact) mass is 300 g/mol. The normalized spacial score (nSPS) is 10.4. The molecule has 0 N–H and O–H groups in total. The van der Waals surface area contributed by atoms with Crippen LogP contribution in [-0.2, 0) is 12.5 Å². The SMILES string of the molecule is ClCc1ccc(OCc2ccc(Cl)cc2Cl)cc1. The molecule has 0 aliphatic heterocycles. The largest absolute Gasteiger partial charge is 0.489 e. The Hall–Kier alpha value is -0.890. The van der Waals surface area contributed by atoms with Crippen molar-refractivity contribution in [2.24, 2.45) is 0 Å². The van der Waals surface area contributed by atoms with E-state index in [0.29, 0.717) is 22.5 Å². The molecule has 0 bridgehead atoms. The molecule has 0 unspecified atom stereocenters. The first-order valence-corrected chi connectivity index (χ1v) is 6.69. The predicted octanol–water partition coefficient (Wildman–Crippen LogP) is 5.31. The van der Waals surface area contributed by atoms with Crippen LogP contribution in [0.3, 0.4) is 0 Å². The van der Waals surface area contributed by atoms with Gasteiger partial charge in [0.2, 0.25) is 0 Å². The van der Waals surface area contributed by atoms with Crippen molar-refractivity contribution in [3.63, 3.8) is 0 Å². The zero-order chi connectivity index (χ0) is 13.0. The van der Waals surface area contributed by atoms with Gasteiger partial charge in [0.25, 0.3) is 0 Å². The van der Waals surface area contributed by atoms with Gasteiger partial charge >= 0.3 is 0 Å². The van der Waals surface area contributed by atoms with Crippen LogP contribution in [0.4, 0.5) is 0 Å². The zero-order valence-electron chi connectivity index (χ0n) is 9.50. The Bertz CT molecular complexity index is 523. The summed E-state index contributed by atoms with van der Waals surface area (Å²) >= 11 is 17.6. The van der Waals surface area contributed by atoms with E-state index in [-0.39, 0.29) is 0 Å². The van der Waals surface area contributed by atoms with E-state index in [2.05, 4.69) is 0 Å². The molecule has 0 aliphatic carbocycles. The summed E-state index contributed by atoms with van der Waals surface area (Å²) in [5, 5.41) is 1.23. The van der Waals surface area contributed by atoms with Crippen molar-refractivity contribution in [3.05, 3.63) is 63.6 Å². The molecule has 4 heteroatoms. The lowest BCUT2D eigenvalue weighted by atomic mass is 10.2. The van der Waals surface area contributed by atoms with Crippen molar-refractivity contribution in [2.75, 3.05) is 0 Å². The van der Waals surface area contributed by atoms with E-state index in [1.165, 1.54) is 0 Å². The molecule has 2 aromatic rings. The Balaban J connectivity index is 2.02. The number of alkyl halides is 1. The summed E-state index contributed by atoms with van der Waals surface area (Å²) in [5.41, 5.74) is 1.97. The lowest BCUT2D eigenvalue weighted by Gasteiger charge is -2.08. The second-order valence-electron chi connectivity index (χ2n) is 3.80. The molecular weight excluding hydrogens is 291 g/mol. The van der Waals surface area contributed by atoms with Gasteiger partial charge in [0, 0.05) is 21.5 Å². The minimum Gasteiger partial charge on any atom is -0.489 e. The maximum atomic E-state index is 6.06. The Kier molecular flexibility index (Phi) is 4.76.